The minimum Gasteiger partial charge on any atom is -0.408 e. The monoisotopic (exact) mass is 904 g/mol. The Balaban J connectivity index is 1.08. The maximum Gasteiger partial charge on any atom is 0.259 e. The van der Waals surface area contributed by atoms with Crippen LogP contribution in [-0.4, -0.2) is 107 Å². The summed E-state index contributed by atoms with van der Waals surface area (Å²) in [5.74, 6) is -0.347. The number of anilines is 2. The number of nitrogen functional groups attached to an aromatic ring is 1. The minimum atomic E-state index is -3.83. The fraction of sp³-hybridized carbons (Fsp3) is 0.500. The number of ether oxygens (including phenoxy) is 2. The van der Waals surface area contributed by atoms with Gasteiger partial charge in [0.05, 0.1) is 38.0 Å². The second-order valence-electron chi connectivity index (χ2n) is 16.2. The van der Waals surface area contributed by atoms with E-state index in [2.05, 4.69) is 79.3 Å². The zero-order valence-electron chi connectivity index (χ0n) is 32.9. The Hall–Kier alpha value is -3.25. The number of rotatable bonds is 6. The second-order valence-corrected chi connectivity index (χ2v) is 27.1. The van der Waals surface area contributed by atoms with E-state index >= 15 is 0 Å². The lowest BCUT2D eigenvalue weighted by atomic mass is 10.00. The second kappa shape index (κ2) is 15.9. The van der Waals surface area contributed by atoms with E-state index in [1.165, 1.54) is 19.0 Å². The van der Waals surface area contributed by atoms with Gasteiger partial charge in [0.25, 0.3) is 19.2 Å². The molecule has 0 radical (unpaired) electrons. The van der Waals surface area contributed by atoms with E-state index in [4.69, 9.17) is 52.3 Å². The molecule has 4 aromatic heterocycles. The van der Waals surface area contributed by atoms with Crippen molar-refractivity contribution in [1.29, 1.82) is 0 Å². The third-order valence-corrected chi connectivity index (χ3v) is 19.3. The topological polar surface area (TPSA) is 253 Å². The highest BCUT2D eigenvalue weighted by Gasteiger charge is 2.54. The Labute approximate surface area is 350 Å². The quantitative estimate of drug-likeness (QED) is 0.105. The van der Waals surface area contributed by atoms with Crippen molar-refractivity contribution in [2.45, 2.75) is 88.7 Å². The zero-order valence-corrected chi connectivity index (χ0v) is 37.4. The fourth-order valence-corrected chi connectivity index (χ4v) is 11.9. The molecule has 0 spiro atoms. The van der Waals surface area contributed by atoms with Gasteiger partial charge in [-0.15, -0.1) is 0 Å². The summed E-state index contributed by atoms with van der Waals surface area (Å²) in [6, 6.07) is 7.26. The maximum absolute atomic E-state index is 13.0. The van der Waals surface area contributed by atoms with Gasteiger partial charge in [-0.25, -0.2) is 40.1 Å². The number of aromatic nitrogens is 8. The molecule has 1 amide bonds. The van der Waals surface area contributed by atoms with E-state index in [0.29, 0.717) is 27.9 Å². The lowest BCUT2D eigenvalue weighted by Crippen LogP contribution is -2.53. The first kappa shape index (κ1) is 42.4. The predicted molar refractivity (Wildman–Crippen MR) is 227 cm³/mol. The van der Waals surface area contributed by atoms with Crippen LogP contribution in [0.5, 0.6) is 0 Å². The van der Waals surface area contributed by atoms with Crippen LogP contribution >= 0.6 is 13.3 Å². The lowest BCUT2D eigenvalue weighted by molar-refractivity contribution is -0.0437. The van der Waals surface area contributed by atoms with Crippen LogP contribution in [0.1, 0.15) is 50.5 Å². The van der Waals surface area contributed by atoms with Crippen molar-refractivity contribution in [2.24, 2.45) is 5.92 Å². The number of hydrogen-bond donors (Lipinski definition) is 6. The third-order valence-electron chi connectivity index (χ3n) is 11.3. The first-order valence-corrected chi connectivity index (χ1v) is 27.0. The van der Waals surface area contributed by atoms with Gasteiger partial charge in [0.15, 0.2) is 43.0 Å². The highest BCUT2D eigenvalue weighted by molar-refractivity contribution is 8.08. The van der Waals surface area contributed by atoms with Crippen molar-refractivity contribution in [2.75, 3.05) is 24.3 Å². The van der Waals surface area contributed by atoms with E-state index < -0.39 is 70.4 Å². The molecular weight excluding hydrogens is 859 g/mol. The van der Waals surface area contributed by atoms with Crippen molar-refractivity contribution in [3.63, 3.8) is 0 Å². The molecule has 3 aliphatic heterocycles. The molecule has 3 fully saturated rings. The van der Waals surface area contributed by atoms with E-state index in [1.807, 2.05) is 13.0 Å². The first-order valence-electron chi connectivity index (χ1n) is 18.8. The lowest BCUT2D eigenvalue weighted by Gasteiger charge is -2.41. The molecule has 0 saturated carbocycles. The molecule has 5 aromatic rings. The van der Waals surface area contributed by atoms with Crippen molar-refractivity contribution in [3.8, 4) is 0 Å². The number of benzene rings is 1. The largest absolute Gasteiger partial charge is 0.408 e. The summed E-state index contributed by atoms with van der Waals surface area (Å²) in [6.07, 6.45) is 1.71. The molecule has 3 aliphatic rings. The normalized spacial score (nSPS) is 32.0. The molecule has 25 heteroatoms. The predicted octanol–water partition coefficient (Wildman–Crippen LogP) is 3.72. The standard InChI is InChI=1S/C34H46N12O8P2S2Si/c1-18-22-20(52-32(18)45-17-41-25-28(37-15-39-30(25)45)42-31(47)19-10-8-7-9-11-19)12-50-56(49,58)44-23-21(13-51-55(48,57)43-22)53-33(26(23)54-59(5,6)34(2,3)4)46-16-40-24-27(35)36-14-38-29(24)46/h7-11,14-18,20-23,26,32-33H,12-13H2,1-6H3,(H2,35,36,38)(H2,43,48,57)(H2,44,49,58)(H,37,39,42,47)/t18-,20-,21-,22+,23-,26-,32-,33-,55?,56?/m1/s1. The molecule has 3 saturated heterocycles. The summed E-state index contributed by atoms with van der Waals surface area (Å²) >= 11 is 11.5. The van der Waals surface area contributed by atoms with E-state index in [-0.39, 0.29) is 35.8 Å². The first-order chi connectivity index (χ1) is 27.8. The Morgan fingerprint density at radius 2 is 1.44 bits per heavy atom. The van der Waals surface area contributed by atoms with Crippen LogP contribution in [0.15, 0.2) is 55.6 Å². The van der Waals surface area contributed by atoms with Gasteiger partial charge in [0, 0.05) is 11.5 Å². The zero-order chi connectivity index (χ0) is 42.1. The molecule has 0 aliphatic carbocycles. The van der Waals surface area contributed by atoms with Gasteiger partial charge in [-0.05, 0) is 53.9 Å². The summed E-state index contributed by atoms with van der Waals surface area (Å²) < 4.78 is 36.1. The van der Waals surface area contributed by atoms with Crippen molar-refractivity contribution in [1.82, 2.24) is 49.2 Å². The Morgan fingerprint density at radius 1 is 0.881 bits per heavy atom. The summed E-state index contributed by atoms with van der Waals surface area (Å²) in [7, 11) is -2.56. The average molecular weight is 905 g/mol. The van der Waals surface area contributed by atoms with E-state index in [0.717, 1.165) is 0 Å². The molecule has 7 N–H and O–H groups in total. The molecule has 8 rings (SSSR count). The molecule has 316 valence electrons. The van der Waals surface area contributed by atoms with Crippen molar-refractivity contribution < 1.29 is 37.5 Å². The van der Waals surface area contributed by atoms with E-state index in [9.17, 15) is 14.6 Å². The van der Waals surface area contributed by atoms with E-state index in [1.54, 1.807) is 39.7 Å². The van der Waals surface area contributed by atoms with Crippen LogP contribution in [0, 0.1) is 5.92 Å². The van der Waals surface area contributed by atoms with Gasteiger partial charge < -0.3 is 43.8 Å². The number of fused-ring (bicyclic) bond motifs is 4. The van der Waals surface area contributed by atoms with Gasteiger partial charge in [0.1, 0.15) is 42.7 Å². The number of nitrogens with one attached hydrogen (secondary N) is 3. The highest BCUT2D eigenvalue weighted by Crippen LogP contribution is 2.50. The number of carbonyl (C=O) groups excluding carboxylic acids is 1. The van der Waals surface area contributed by atoms with Gasteiger partial charge in [0.2, 0.25) is 0 Å². The Bertz CT molecular complexity index is 2480. The summed E-state index contributed by atoms with van der Waals surface area (Å²) in [5, 5.41) is 8.92. The number of nitrogens with two attached hydrogens (primary N) is 1. The molecular formula is C34H46N12O8P2S2Si. The number of hydrogen-bond acceptors (Lipinski definition) is 15. The molecule has 1 aromatic carbocycles. The van der Waals surface area contributed by atoms with Gasteiger partial charge in [-0.1, -0.05) is 45.9 Å². The number of carbonyl (C=O) groups is 1. The van der Waals surface area contributed by atoms with Crippen LogP contribution in [0.2, 0.25) is 18.1 Å². The van der Waals surface area contributed by atoms with Gasteiger partial charge in [-0.2, -0.15) is 0 Å². The average Bonchev–Trinajstić information content (AvgIpc) is 3.94. The maximum atomic E-state index is 13.0. The highest BCUT2D eigenvalue weighted by atomic mass is 32.5. The summed E-state index contributed by atoms with van der Waals surface area (Å²) in [4.78, 5) is 62.8. The van der Waals surface area contributed by atoms with Crippen molar-refractivity contribution in [3.05, 3.63) is 61.2 Å². The molecule has 7 heterocycles. The fourth-order valence-electron chi connectivity index (χ4n) is 7.22. The molecule has 59 heavy (non-hydrogen) atoms. The van der Waals surface area contributed by atoms with Crippen LogP contribution in [-0.2, 0) is 46.6 Å². The molecule has 2 unspecified atom stereocenters. The van der Waals surface area contributed by atoms with Crippen LogP contribution in [0.3, 0.4) is 0 Å². The molecule has 0 bridgehead atoms. The van der Waals surface area contributed by atoms with Gasteiger partial charge in [-0.3, -0.25) is 13.9 Å². The number of imidazole rings is 2. The van der Waals surface area contributed by atoms with Crippen LogP contribution in [0.4, 0.5) is 11.6 Å². The smallest absolute Gasteiger partial charge is 0.259 e. The molecule has 20 nitrogen and oxygen atoms in total. The Morgan fingerprint density at radius 3 is 2.10 bits per heavy atom. The number of nitrogens with zero attached hydrogens (tertiary/aromatic N) is 8. The van der Waals surface area contributed by atoms with Gasteiger partial charge >= 0.3 is 0 Å². The van der Waals surface area contributed by atoms with Crippen LogP contribution < -0.4 is 21.2 Å². The minimum absolute atomic E-state index is 0.198. The van der Waals surface area contributed by atoms with Crippen LogP contribution in [0.25, 0.3) is 22.3 Å². The third kappa shape index (κ3) is 8.39. The summed E-state index contributed by atoms with van der Waals surface area (Å²) in [6.45, 7) is 4.42. The molecule has 10 atom stereocenters. The summed E-state index contributed by atoms with van der Waals surface area (Å²) in [5.41, 5.74) is 8.12. The SMILES string of the molecule is C[C@@H]1[C@@H]2NP(O)(=S)OC[C@H]3O[C@@H](n4cnc5c(N)ncnc54)[C@H](O[Si](C)(C)C(C)(C)C)[C@@H]3NP(O)(=S)OC[C@H]2O[C@H]1n1cnc2c(NC(=O)c3ccccc3)ncnc21. The van der Waals surface area contributed by atoms with Crippen molar-refractivity contribution >= 4 is 85.1 Å². The number of amides is 1. The Kier molecular flexibility index (Phi) is 11.4.